The molecule has 3 aromatic carbocycles. The zero-order chi connectivity index (χ0) is 20.2. The molecule has 0 aliphatic carbocycles. The van der Waals surface area contributed by atoms with Gasteiger partial charge in [0.2, 0.25) is 0 Å². The summed E-state index contributed by atoms with van der Waals surface area (Å²) in [6.45, 7) is 2.15. The Labute approximate surface area is 170 Å². The summed E-state index contributed by atoms with van der Waals surface area (Å²) < 4.78 is 2.16. The van der Waals surface area contributed by atoms with E-state index < -0.39 is 5.97 Å². The largest absolute Gasteiger partial charge is 0.481 e. The number of benzene rings is 3. The first-order chi connectivity index (χ1) is 14.1. The highest BCUT2D eigenvalue weighted by atomic mass is 16.4. The molecule has 29 heavy (non-hydrogen) atoms. The van der Waals surface area contributed by atoms with E-state index in [1.165, 1.54) is 5.56 Å². The molecular formula is C25H24N2O2. The van der Waals surface area contributed by atoms with Crippen LogP contribution in [0.25, 0.3) is 10.9 Å². The number of para-hydroxylation sites is 1. The molecule has 0 bridgehead atoms. The van der Waals surface area contributed by atoms with Crippen molar-refractivity contribution in [1.82, 2.24) is 9.88 Å². The normalized spacial score (nSPS) is 13.3. The molecule has 0 aliphatic heterocycles. The number of aliphatic carboxylic acids is 1. The van der Waals surface area contributed by atoms with Crippen molar-refractivity contribution in [2.24, 2.45) is 0 Å². The van der Waals surface area contributed by atoms with Crippen molar-refractivity contribution in [3.8, 4) is 0 Å². The fraction of sp³-hybridized carbons (Fsp3) is 0.160. The van der Waals surface area contributed by atoms with E-state index in [2.05, 4.69) is 41.1 Å². The van der Waals surface area contributed by atoms with Gasteiger partial charge < -0.3 is 9.67 Å². The predicted molar refractivity (Wildman–Crippen MR) is 116 cm³/mol. The Morgan fingerprint density at radius 1 is 0.897 bits per heavy atom. The monoisotopic (exact) mass is 384 g/mol. The summed E-state index contributed by atoms with van der Waals surface area (Å²) in [7, 11) is 0. The fourth-order valence-electron chi connectivity index (χ4n) is 3.84. The summed E-state index contributed by atoms with van der Waals surface area (Å²) in [6, 6.07) is 28.7. The minimum absolute atomic E-state index is 0.00324. The number of nitrogens with zero attached hydrogens (tertiary/aromatic N) is 1. The summed E-state index contributed by atoms with van der Waals surface area (Å²) in [5.74, 6) is -0.824. The number of hydrogen-bond acceptors (Lipinski definition) is 2. The molecule has 1 heterocycles. The Balaban J connectivity index is 1.81. The van der Waals surface area contributed by atoms with Gasteiger partial charge in [0, 0.05) is 23.1 Å². The molecule has 0 radical (unpaired) electrons. The lowest BCUT2D eigenvalue weighted by molar-refractivity contribution is -0.136. The molecule has 0 aliphatic rings. The van der Waals surface area contributed by atoms with Gasteiger partial charge in [0.1, 0.15) is 6.17 Å². The van der Waals surface area contributed by atoms with Gasteiger partial charge in [-0.2, -0.15) is 0 Å². The number of fused-ring (bicyclic) bond motifs is 1. The van der Waals surface area contributed by atoms with Gasteiger partial charge in [-0.05, 0) is 29.7 Å². The molecule has 0 fully saturated rings. The Kier molecular flexibility index (Phi) is 5.45. The Hall–Kier alpha value is -3.37. The zero-order valence-electron chi connectivity index (χ0n) is 16.3. The molecule has 0 spiro atoms. The maximum absolute atomic E-state index is 11.4. The van der Waals surface area contributed by atoms with E-state index in [1.807, 2.05) is 66.9 Å². The van der Waals surface area contributed by atoms with Gasteiger partial charge in [0.25, 0.3) is 0 Å². The van der Waals surface area contributed by atoms with Crippen LogP contribution in [-0.2, 0) is 11.2 Å². The highest BCUT2D eigenvalue weighted by Crippen LogP contribution is 2.29. The van der Waals surface area contributed by atoms with E-state index in [-0.39, 0.29) is 18.6 Å². The van der Waals surface area contributed by atoms with Crippen LogP contribution in [0.3, 0.4) is 0 Å². The van der Waals surface area contributed by atoms with Crippen molar-refractivity contribution in [3.63, 3.8) is 0 Å². The van der Waals surface area contributed by atoms with Crippen LogP contribution in [0, 0.1) is 0 Å². The Morgan fingerprint density at radius 2 is 1.48 bits per heavy atom. The van der Waals surface area contributed by atoms with Crippen LogP contribution in [0.15, 0.2) is 91.1 Å². The molecule has 0 saturated heterocycles. The summed E-state index contributed by atoms with van der Waals surface area (Å²) in [6.07, 6.45) is 1.85. The first kappa shape index (κ1) is 19.0. The van der Waals surface area contributed by atoms with Crippen molar-refractivity contribution in [1.29, 1.82) is 0 Å². The number of carboxylic acids is 1. The van der Waals surface area contributed by atoms with Crippen LogP contribution < -0.4 is 5.32 Å². The zero-order valence-corrected chi connectivity index (χ0v) is 16.3. The van der Waals surface area contributed by atoms with E-state index in [0.29, 0.717) is 0 Å². The molecule has 2 atom stereocenters. The molecule has 2 N–H and O–H groups in total. The second-order valence-corrected chi connectivity index (χ2v) is 7.26. The first-order valence-corrected chi connectivity index (χ1v) is 9.79. The molecule has 146 valence electrons. The van der Waals surface area contributed by atoms with Crippen LogP contribution in [0.2, 0.25) is 0 Å². The van der Waals surface area contributed by atoms with E-state index in [4.69, 9.17) is 0 Å². The van der Waals surface area contributed by atoms with Crippen molar-refractivity contribution < 1.29 is 9.90 Å². The lowest BCUT2D eigenvalue weighted by Crippen LogP contribution is -2.29. The molecule has 0 saturated carbocycles. The SMILES string of the molecule is CC(NC(c1ccccc1)n1cc(CC(=O)O)c2ccccc21)c1ccccc1. The molecule has 2 unspecified atom stereocenters. The van der Waals surface area contributed by atoms with Crippen LogP contribution in [0.5, 0.6) is 0 Å². The topological polar surface area (TPSA) is 54.3 Å². The van der Waals surface area contributed by atoms with Gasteiger partial charge in [-0.3, -0.25) is 10.1 Å². The van der Waals surface area contributed by atoms with E-state index in [0.717, 1.165) is 22.0 Å². The summed E-state index contributed by atoms with van der Waals surface area (Å²) in [5.41, 5.74) is 4.17. The Bertz CT molecular complexity index is 1100. The molecule has 4 heteroatoms. The smallest absolute Gasteiger partial charge is 0.307 e. The number of hydrogen-bond donors (Lipinski definition) is 2. The van der Waals surface area contributed by atoms with E-state index in [1.54, 1.807) is 0 Å². The minimum atomic E-state index is -0.824. The number of carboxylic acid groups (broad SMARTS) is 1. The minimum Gasteiger partial charge on any atom is -0.481 e. The van der Waals surface area contributed by atoms with E-state index >= 15 is 0 Å². The lowest BCUT2D eigenvalue weighted by atomic mass is 10.1. The van der Waals surface area contributed by atoms with Crippen molar-refractivity contribution >= 4 is 16.9 Å². The van der Waals surface area contributed by atoms with Crippen molar-refractivity contribution in [2.75, 3.05) is 0 Å². The lowest BCUT2D eigenvalue weighted by Gasteiger charge is -2.26. The number of nitrogens with one attached hydrogen (secondary N) is 1. The van der Waals surface area contributed by atoms with Gasteiger partial charge in [-0.1, -0.05) is 78.9 Å². The summed E-state index contributed by atoms with van der Waals surface area (Å²) in [5, 5.41) is 14.1. The fourth-order valence-corrected chi connectivity index (χ4v) is 3.84. The maximum atomic E-state index is 11.4. The number of aromatic nitrogens is 1. The third-order valence-corrected chi connectivity index (χ3v) is 5.27. The molecule has 4 rings (SSSR count). The molecule has 4 aromatic rings. The van der Waals surface area contributed by atoms with Crippen LogP contribution >= 0.6 is 0 Å². The van der Waals surface area contributed by atoms with Gasteiger partial charge in [0.05, 0.1) is 6.42 Å². The highest BCUT2D eigenvalue weighted by molar-refractivity contribution is 5.87. The van der Waals surface area contributed by atoms with Crippen LogP contribution in [-0.4, -0.2) is 15.6 Å². The predicted octanol–water partition coefficient (Wildman–Crippen LogP) is 5.17. The van der Waals surface area contributed by atoms with Gasteiger partial charge >= 0.3 is 5.97 Å². The Morgan fingerprint density at radius 3 is 2.14 bits per heavy atom. The quantitative estimate of drug-likeness (QED) is 0.462. The highest BCUT2D eigenvalue weighted by Gasteiger charge is 2.21. The number of carbonyl (C=O) groups is 1. The summed E-state index contributed by atoms with van der Waals surface area (Å²) >= 11 is 0. The van der Waals surface area contributed by atoms with Crippen LogP contribution in [0.4, 0.5) is 0 Å². The molecule has 4 nitrogen and oxygen atoms in total. The third-order valence-electron chi connectivity index (χ3n) is 5.27. The average molecular weight is 384 g/mol. The molecular weight excluding hydrogens is 360 g/mol. The first-order valence-electron chi connectivity index (χ1n) is 9.79. The van der Waals surface area contributed by atoms with Crippen molar-refractivity contribution in [2.45, 2.75) is 25.6 Å². The molecule has 0 amide bonds. The maximum Gasteiger partial charge on any atom is 0.307 e. The second kappa shape index (κ2) is 8.33. The second-order valence-electron chi connectivity index (χ2n) is 7.26. The number of rotatable bonds is 7. The van der Waals surface area contributed by atoms with Gasteiger partial charge in [-0.15, -0.1) is 0 Å². The van der Waals surface area contributed by atoms with Gasteiger partial charge in [0.15, 0.2) is 0 Å². The average Bonchev–Trinajstić information content (AvgIpc) is 3.11. The van der Waals surface area contributed by atoms with E-state index in [9.17, 15) is 9.90 Å². The third kappa shape index (κ3) is 4.08. The van der Waals surface area contributed by atoms with Crippen molar-refractivity contribution in [3.05, 3.63) is 108 Å². The van der Waals surface area contributed by atoms with Crippen LogP contribution in [0.1, 0.15) is 35.8 Å². The molecule has 1 aromatic heterocycles. The standard InChI is InChI=1S/C25H24N2O2/c1-18(19-10-4-2-5-11-19)26-25(20-12-6-3-7-13-20)27-17-21(16-24(28)29)22-14-8-9-15-23(22)27/h2-15,17-18,25-26H,16H2,1H3,(H,28,29). The van der Waals surface area contributed by atoms with Gasteiger partial charge in [-0.25, -0.2) is 0 Å². The summed E-state index contributed by atoms with van der Waals surface area (Å²) in [4.78, 5) is 11.4.